The first kappa shape index (κ1) is 26.1. The molecule has 5 heteroatoms. The van der Waals surface area contributed by atoms with Crippen LogP contribution in [0.4, 0.5) is 10.5 Å². The van der Waals surface area contributed by atoms with E-state index in [0.29, 0.717) is 19.7 Å². The van der Waals surface area contributed by atoms with Gasteiger partial charge in [0.05, 0.1) is 6.61 Å². The highest BCUT2D eigenvalue weighted by atomic mass is 16.5. The van der Waals surface area contributed by atoms with Gasteiger partial charge < -0.3 is 15.8 Å². The van der Waals surface area contributed by atoms with Gasteiger partial charge in [-0.3, -0.25) is 4.90 Å². The molecule has 0 fully saturated rings. The van der Waals surface area contributed by atoms with Crippen LogP contribution in [0.25, 0.3) is 11.1 Å². The summed E-state index contributed by atoms with van der Waals surface area (Å²) in [6, 6.07) is 25.9. The van der Waals surface area contributed by atoms with Crippen LogP contribution in [0, 0.1) is 0 Å². The van der Waals surface area contributed by atoms with Gasteiger partial charge in [0.25, 0.3) is 0 Å². The Morgan fingerprint density at radius 3 is 2.03 bits per heavy atom. The minimum Gasteiger partial charge on any atom is -0.383 e. The molecular weight excluding hydrogens is 410 g/mol. The van der Waals surface area contributed by atoms with E-state index in [0.717, 1.165) is 28.8 Å². The molecule has 176 valence electrons. The van der Waals surface area contributed by atoms with Crippen LogP contribution in [0.3, 0.4) is 0 Å². The Balaban J connectivity index is 0.00000187. The van der Waals surface area contributed by atoms with Gasteiger partial charge in [0.2, 0.25) is 0 Å². The monoisotopic (exact) mass is 447 g/mol. The van der Waals surface area contributed by atoms with Crippen molar-refractivity contribution in [3.05, 3.63) is 90.0 Å². The summed E-state index contributed by atoms with van der Waals surface area (Å²) in [6.45, 7) is 7.34. The lowest BCUT2D eigenvalue weighted by Crippen LogP contribution is -2.47. The minimum atomic E-state index is -0.284. The number of aryl methyl sites for hydroxylation is 1. The molecule has 0 aliphatic carbocycles. The third-order valence-electron chi connectivity index (χ3n) is 5.20. The van der Waals surface area contributed by atoms with Crippen molar-refractivity contribution in [3.8, 4) is 11.1 Å². The van der Waals surface area contributed by atoms with E-state index in [1.807, 2.05) is 68.4 Å². The highest BCUT2D eigenvalue weighted by Gasteiger charge is 2.19. The van der Waals surface area contributed by atoms with E-state index in [4.69, 9.17) is 10.5 Å². The van der Waals surface area contributed by atoms with Gasteiger partial charge in [-0.2, -0.15) is 0 Å². The predicted molar refractivity (Wildman–Crippen MR) is 138 cm³/mol. The smallest absolute Gasteiger partial charge is 0.322 e. The number of anilines is 1. The number of nitrogens with two attached hydrogens (primary N) is 1. The van der Waals surface area contributed by atoms with Crippen molar-refractivity contribution < 1.29 is 9.53 Å². The molecule has 0 bridgehead atoms. The summed E-state index contributed by atoms with van der Waals surface area (Å²) >= 11 is 0. The zero-order chi connectivity index (χ0) is 24.1. The Morgan fingerprint density at radius 1 is 0.909 bits per heavy atom. The van der Waals surface area contributed by atoms with Crippen LogP contribution in [0.15, 0.2) is 78.9 Å². The van der Waals surface area contributed by atoms with Gasteiger partial charge >= 0.3 is 6.03 Å². The van der Waals surface area contributed by atoms with Gasteiger partial charge in [-0.25, -0.2) is 4.79 Å². The summed E-state index contributed by atoms with van der Waals surface area (Å²) < 4.78 is 5.16. The van der Waals surface area contributed by atoms with Gasteiger partial charge in [0, 0.05) is 31.9 Å². The summed E-state index contributed by atoms with van der Waals surface area (Å²) in [5.41, 5.74) is 11.6. The first-order valence-electron chi connectivity index (χ1n) is 11.6. The summed E-state index contributed by atoms with van der Waals surface area (Å²) in [4.78, 5) is 14.7. The van der Waals surface area contributed by atoms with Crippen molar-refractivity contribution >= 4 is 11.7 Å². The molecule has 0 heterocycles. The number of methoxy groups -OCH3 is 1. The molecule has 0 saturated carbocycles. The number of carbonyl (C=O) groups is 1. The maximum Gasteiger partial charge on any atom is 0.322 e. The molecule has 33 heavy (non-hydrogen) atoms. The third-order valence-corrected chi connectivity index (χ3v) is 5.20. The van der Waals surface area contributed by atoms with E-state index in [-0.39, 0.29) is 12.1 Å². The quantitative estimate of drug-likeness (QED) is 0.447. The van der Waals surface area contributed by atoms with E-state index >= 15 is 0 Å². The predicted octanol–water partition coefficient (Wildman–Crippen LogP) is 5.63. The highest BCUT2D eigenvalue weighted by molar-refractivity contribution is 5.92. The number of benzene rings is 3. The average molecular weight is 448 g/mol. The van der Waals surface area contributed by atoms with Gasteiger partial charge in [0.15, 0.2) is 0 Å². The molecule has 0 radical (unpaired) electrons. The molecule has 2 amide bonds. The zero-order valence-electron chi connectivity index (χ0n) is 20.3. The Hall–Kier alpha value is -3.15. The minimum absolute atomic E-state index is 0.185. The van der Waals surface area contributed by atoms with Gasteiger partial charge in [-0.15, -0.1) is 0 Å². The number of rotatable bonds is 9. The second-order valence-electron chi connectivity index (χ2n) is 7.57. The molecule has 0 aliphatic rings. The molecule has 3 aromatic rings. The average Bonchev–Trinajstić information content (AvgIpc) is 2.88. The third kappa shape index (κ3) is 8.04. The van der Waals surface area contributed by atoms with Gasteiger partial charge in [-0.1, -0.05) is 87.5 Å². The van der Waals surface area contributed by atoms with Crippen molar-refractivity contribution in [1.29, 1.82) is 0 Å². The van der Waals surface area contributed by atoms with Gasteiger partial charge in [0.1, 0.15) is 0 Å². The maximum absolute atomic E-state index is 13.0. The largest absolute Gasteiger partial charge is 0.383 e. The van der Waals surface area contributed by atoms with Crippen LogP contribution < -0.4 is 16.0 Å². The molecule has 0 saturated heterocycles. The highest BCUT2D eigenvalue weighted by Crippen LogP contribution is 2.24. The molecule has 1 unspecified atom stereocenters. The second kappa shape index (κ2) is 14.1. The number of nitrogens with one attached hydrogen (secondary N) is 1. The molecule has 1 atom stereocenters. The van der Waals surface area contributed by atoms with E-state index < -0.39 is 0 Å². The van der Waals surface area contributed by atoms with E-state index in [9.17, 15) is 4.79 Å². The zero-order valence-corrected chi connectivity index (χ0v) is 20.3. The SMILES string of the molecule is CC.CCc1ccc(-c2ccc(N(CC(N)COC)C(=O)NCc3ccccc3)cc2)cc1. The first-order chi connectivity index (χ1) is 16.1. The van der Waals surface area contributed by atoms with Crippen molar-refractivity contribution in [2.24, 2.45) is 5.73 Å². The van der Waals surface area contributed by atoms with Crippen molar-refractivity contribution in [1.82, 2.24) is 5.32 Å². The summed E-state index contributed by atoms with van der Waals surface area (Å²) in [6.07, 6.45) is 1.02. The normalized spacial score (nSPS) is 11.2. The van der Waals surface area contributed by atoms with E-state index in [1.54, 1.807) is 12.0 Å². The Kier molecular flexibility index (Phi) is 11.1. The topological polar surface area (TPSA) is 67.6 Å². The van der Waals surface area contributed by atoms with E-state index in [2.05, 4.69) is 36.5 Å². The molecule has 0 aliphatic heterocycles. The van der Waals surface area contributed by atoms with Crippen molar-refractivity contribution in [2.75, 3.05) is 25.2 Å². The molecule has 3 N–H and O–H groups in total. The summed E-state index contributed by atoms with van der Waals surface area (Å²) in [5, 5.41) is 2.99. The number of ether oxygens (including phenoxy) is 1. The lowest BCUT2D eigenvalue weighted by molar-refractivity contribution is 0.181. The van der Waals surface area contributed by atoms with Crippen molar-refractivity contribution in [2.45, 2.75) is 39.8 Å². The number of hydrogen-bond acceptors (Lipinski definition) is 3. The molecule has 5 nitrogen and oxygen atoms in total. The lowest BCUT2D eigenvalue weighted by Gasteiger charge is -2.26. The molecular formula is C28H37N3O2. The summed E-state index contributed by atoms with van der Waals surface area (Å²) in [5.74, 6) is 0. The fraction of sp³-hybridized carbons (Fsp3) is 0.321. The van der Waals surface area contributed by atoms with Crippen LogP contribution in [-0.2, 0) is 17.7 Å². The van der Waals surface area contributed by atoms with Crippen molar-refractivity contribution in [3.63, 3.8) is 0 Å². The lowest BCUT2D eigenvalue weighted by atomic mass is 10.0. The number of hydrogen-bond donors (Lipinski definition) is 2. The first-order valence-corrected chi connectivity index (χ1v) is 11.6. The number of nitrogens with zero attached hydrogens (tertiary/aromatic N) is 1. The summed E-state index contributed by atoms with van der Waals surface area (Å²) in [7, 11) is 1.61. The molecule has 3 aromatic carbocycles. The molecule has 3 rings (SSSR count). The standard InChI is InChI=1S/C26H31N3O2.C2H6/c1-3-20-9-11-22(12-10-20)23-13-15-25(16-14-23)29(18-24(27)19-31-2)26(30)28-17-21-7-5-4-6-8-21;1-2/h4-16,24H,3,17-19,27H2,1-2H3,(H,28,30);1-2H3. The van der Waals surface area contributed by atoms with Crippen LogP contribution in [-0.4, -0.2) is 32.3 Å². The fourth-order valence-electron chi connectivity index (χ4n) is 3.44. The number of amides is 2. The Bertz CT molecular complexity index is 941. The second-order valence-corrected chi connectivity index (χ2v) is 7.57. The van der Waals surface area contributed by atoms with Crippen LogP contribution in [0.1, 0.15) is 31.9 Å². The number of urea groups is 1. The van der Waals surface area contributed by atoms with Crippen LogP contribution >= 0.6 is 0 Å². The maximum atomic E-state index is 13.0. The van der Waals surface area contributed by atoms with Crippen LogP contribution in [0.5, 0.6) is 0 Å². The van der Waals surface area contributed by atoms with E-state index in [1.165, 1.54) is 5.56 Å². The Labute approximate surface area is 198 Å². The molecule has 0 aromatic heterocycles. The fourth-order valence-corrected chi connectivity index (χ4v) is 3.44. The Morgan fingerprint density at radius 2 is 1.48 bits per heavy atom. The number of carbonyl (C=O) groups excluding carboxylic acids is 1. The van der Waals surface area contributed by atoms with Gasteiger partial charge in [-0.05, 0) is 40.8 Å². The van der Waals surface area contributed by atoms with Crippen LogP contribution in [0.2, 0.25) is 0 Å². The molecule has 0 spiro atoms.